The number of ether oxygens (including phenoxy) is 1. The van der Waals surface area contributed by atoms with Crippen molar-refractivity contribution in [2.45, 2.75) is 13.3 Å². The van der Waals surface area contributed by atoms with Crippen LogP contribution in [0.25, 0.3) is 10.8 Å². The molecular formula is C20H19NO2. The zero-order valence-corrected chi connectivity index (χ0v) is 13.1. The molecule has 3 aromatic carbocycles. The number of carbonyl (C=O) groups is 1. The second kappa shape index (κ2) is 6.97. The van der Waals surface area contributed by atoms with Gasteiger partial charge >= 0.3 is 0 Å². The maximum Gasteiger partial charge on any atom is 0.262 e. The van der Waals surface area contributed by atoms with Gasteiger partial charge in [0.2, 0.25) is 0 Å². The van der Waals surface area contributed by atoms with E-state index in [1.165, 1.54) is 5.56 Å². The third kappa shape index (κ3) is 3.69. The van der Waals surface area contributed by atoms with Crippen molar-refractivity contribution >= 4 is 22.4 Å². The molecule has 0 unspecified atom stereocenters. The molecule has 3 rings (SSSR count). The zero-order valence-electron chi connectivity index (χ0n) is 13.1. The Bertz CT molecular complexity index is 821. The number of carbonyl (C=O) groups excluding carboxylic acids is 1. The first-order valence-corrected chi connectivity index (χ1v) is 7.75. The Hall–Kier alpha value is -2.81. The number of benzene rings is 3. The topological polar surface area (TPSA) is 38.3 Å². The standard InChI is InChI=1S/C20H19NO2/c1-2-15-7-5-10-17(13-15)21-20(22)14-23-19-12-6-9-16-8-3-4-11-18(16)19/h3-13H,2,14H2,1H3,(H,21,22). The zero-order chi connectivity index (χ0) is 16.1. The normalized spacial score (nSPS) is 10.5. The van der Waals surface area contributed by atoms with Gasteiger partial charge < -0.3 is 10.1 Å². The molecule has 3 nitrogen and oxygen atoms in total. The first-order chi connectivity index (χ1) is 11.3. The van der Waals surface area contributed by atoms with Crippen LogP contribution in [-0.4, -0.2) is 12.5 Å². The summed E-state index contributed by atoms with van der Waals surface area (Å²) in [4.78, 5) is 12.1. The highest BCUT2D eigenvalue weighted by atomic mass is 16.5. The second-order valence-electron chi connectivity index (χ2n) is 5.37. The van der Waals surface area contributed by atoms with Gasteiger partial charge in [0.25, 0.3) is 5.91 Å². The van der Waals surface area contributed by atoms with Gasteiger partial charge in [0, 0.05) is 11.1 Å². The Morgan fingerprint density at radius 3 is 2.65 bits per heavy atom. The van der Waals surface area contributed by atoms with Crippen LogP contribution in [0.15, 0.2) is 66.7 Å². The minimum absolute atomic E-state index is 0.00956. The molecule has 0 atom stereocenters. The molecular weight excluding hydrogens is 286 g/mol. The number of hydrogen-bond acceptors (Lipinski definition) is 2. The number of rotatable bonds is 5. The van der Waals surface area contributed by atoms with Crippen LogP contribution in [0.4, 0.5) is 5.69 Å². The molecule has 1 N–H and O–H groups in total. The van der Waals surface area contributed by atoms with E-state index in [2.05, 4.69) is 12.2 Å². The van der Waals surface area contributed by atoms with Crippen molar-refractivity contribution in [3.63, 3.8) is 0 Å². The number of amides is 1. The van der Waals surface area contributed by atoms with Gasteiger partial charge in [-0.05, 0) is 35.6 Å². The maximum atomic E-state index is 12.1. The van der Waals surface area contributed by atoms with Gasteiger partial charge in [-0.1, -0.05) is 55.5 Å². The lowest BCUT2D eigenvalue weighted by Gasteiger charge is -2.10. The predicted molar refractivity (Wildman–Crippen MR) is 93.9 cm³/mol. The summed E-state index contributed by atoms with van der Waals surface area (Å²) in [6.45, 7) is 2.08. The number of nitrogens with one attached hydrogen (secondary N) is 1. The fourth-order valence-corrected chi connectivity index (χ4v) is 2.53. The van der Waals surface area contributed by atoms with E-state index in [0.29, 0.717) is 0 Å². The van der Waals surface area contributed by atoms with E-state index in [4.69, 9.17) is 4.74 Å². The minimum Gasteiger partial charge on any atom is -0.483 e. The van der Waals surface area contributed by atoms with E-state index in [9.17, 15) is 4.79 Å². The number of fused-ring (bicyclic) bond motifs is 1. The predicted octanol–water partition coefficient (Wildman–Crippen LogP) is 4.42. The van der Waals surface area contributed by atoms with Gasteiger partial charge in [-0.3, -0.25) is 4.79 Å². The summed E-state index contributed by atoms with van der Waals surface area (Å²) >= 11 is 0. The number of hydrogen-bond donors (Lipinski definition) is 1. The third-order valence-corrected chi connectivity index (χ3v) is 3.73. The molecule has 0 radical (unpaired) electrons. The summed E-state index contributed by atoms with van der Waals surface area (Å²) in [6.07, 6.45) is 0.941. The molecule has 0 saturated carbocycles. The van der Waals surface area contributed by atoms with Gasteiger partial charge in [-0.15, -0.1) is 0 Å². The van der Waals surface area contributed by atoms with Crippen LogP contribution in [0.5, 0.6) is 5.75 Å². The van der Waals surface area contributed by atoms with Gasteiger partial charge in [-0.25, -0.2) is 0 Å². The molecule has 0 heterocycles. The van der Waals surface area contributed by atoms with Crippen molar-refractivity contribution in [2.75, 3.05) is 11.9 Å². The first kappa shape index (κ1) is 15.1. The van der Waals surface area contributed by atoms with Crippen molar-refractivity contribution < 1.29 is 9.53 Å². The van der Waals surface area contributed by atoms with Crippen LogP contribution in [0.1, 0.15) is 12.5 Å². The molecule has 1 amide bonds. The number of aryl methyl sites for hydroxylation is 1. The quantitative estimate of drug-likeness (QED) is 0.758. The summed E-state index contributed by atoms with van der Waals surface area (Å²) in [7, 11) is 0. The molecule has 3 aromatic rings. The fraction of sp³-hybridized carbons (Fsp3) is 0.150. The molecule has 0 aliphatic rings. The lowest BCUT2D eigenvalue weighted by molar-refractivity contribution is -0.118. The van der Waals surface area contributed by atoms with Crippen LogP contribution in [0, 0.1) is 0 Å². The van der Waals surface area contributed by atoms with E-state index < -0.39 is 0 Å². The molecule has 0 spiro atoms. The monoisotopic (exact) mass is 305 g/mol. The number of anilines is 1. The second-order valence-corrected chi connectivity index (χ2v) is 5.37. The van der Waals surface area contributed by atoms with Crippen LogP contribution in [0.3, 0.4) is 0 Å². The Morgan fingerprint density at radius 1 is 1.00 bits per heavy atom. The average molecular weight is 305 g/mol. The highest BCUT2D eigenvalue weighted by Gasteiger charge is 2.06. The van der Waals surface area contributed by atoms with Crippen LogP contribution in [-0.2, 0) is 11.2 Å². The first-order valence-electron chi connectivity index (χ1n) is 7.75. The summed E-state index contributed by atoms with van der Waals surface area (Å²) in [6, 6.07) is 21.7. The molecule has 0 aliphatic carbocycles. The lowest BCUT2D eigenvalue weighted by atomic mass is 10.1. The van der Waals surface area contributed by atoms with Crippen LogP contribution in [0.2, 0.25) is 0 Å². The summed E-state index contributed by atoms with van der Waals surface area (Å²) in [5.74, 6) is 0.562. The van der Waals surface area contributed by atoms with Crippen molar-refractivity contribution in [2.24, 2.45) is 0 Å². The molecule has 0 saturated heterocycles. The largest absolute Gasteiger partial charge is 0.483 e. The van der Waals surface area contributed by atoms with Crippen LogP contribution >= 0.6 is 0 Å². The summed E-state index contributed by atoms with van der Waals surface area (Å²) in [5.41, 5.74) is 1.99. The Balaban J connectivity index is 1.66. The molecule has 0 aliphatic heterocycles. The fourth-order valence-electron chi connectivity index (χ4n) is 2.53. The van der Waals surface area contributed by atoms with E-state index in [-0.39, 0.29) is 12.5 Å². The van der Waals surface area contributed by atoms with Crippen molar-refractivity contribution in [1.29, 1.82) is 0 Å². The third-order valence-electron chi connectivity index (χ3n) is 3.73. The summed E-state index contributed by atoms with van der Waals surface area (Å²) in [5, 5.41) is 4.98. The van der Waals surface area contributed by atoms with Crippen molar-refractivity contribution in [1.82, 2.24) is 0 Å². The average Bonchev–Trinajstić information content (AvgIpc) is 2.60. The summed E-state index contributed by atoms with van der Waals surface area (Å²) < 4.78 is 5.70. The van der Waals surface area contributed by atoms with Gasteiger partial charge in [0.05, 0.1) is 0 Å². The smallest absolute Gasteiger partial charge is 0.262 e. The van der Waals surface area contributed by atoms with Gasteiger partial charge in [0.1, 0.15) is 5.75 Å². The van der Waals surface area contributed by atoms with Gasteiger partial charge in [-0.2, -0.15) is 0 Å². The maximum absolute atomic E-state index is 12.1. The van der Waals surface area contributed by atoms with Crippen molar-refractivity contribution in [3.05, 3.63) is 72.3 Å². The van der Waals surface area contributed by atoms with E-state index in [0.717, 1.165) is 28.6 Å². The van der Waals surface area contributed by atoms with E-state index in [1.807, 2.05) is 66.7 Å². The Labute approximate surface area is 135 Å². The molecule has 0 bridgehead atoms. The minimum atomic E-state index is -0.161. The van der Waals surface area contributed by atoms with E-state index >= 15 is 0 Å². The lowest BCUT2D eigenvalue weighted by Crippen LogP contribution is -2.20. The Morgan fingerprint density at radius 2 is 1.78 bits per heavy atom. The Kier molecular flexibility index (Phi) is 4.57. The van der Waals surface area contributed by atoms with Crippen molar-refractivity contribution in [3.8, 4) is 5.75 Å². The molecule has 0 aromatic heterocycles. The molecule has 116 valence electrons. The van der Waals surface area contributed by atoms with Crippen LogP contribution < -0.4 is 10.1 Å². The molecule has 0 fully saturated rings. The van der Waals surface area contributed by atoms with E-state index in [1.54, 1.807) is 0 Å². The molecule has 23 heavy (non-hydrogen) atoms. The highest BCUT2D eigenvalue weighted by molar-refractivity contribution is 5.93. The highest BCUT2D eigenvalue weighted by Crippen LogP contribution is 2.25. The SMILES string of the molecule is CCc1cccc(NC(=O)COc2cccc3ccccc23)c1. The van der Waals surface area contributed by atoms with Gasteiger partial charge in [0.15, 0.2) is 6.61 Å². The molecule has 3 heteroatoms.